The van der Waals surface area contributed by atoms with Crippen LogP contribution >= 0.6 is 30.4 Å². The molecule has 50 heteroatoms. The lowest BCUT2D eigenvalue weighted by molar-refractivity contribution is -0.0610. The number of aryl methyl sites for hydroxylation is 2. The average Bonchev–Trinajstić information content (AvgIpc) is 1.60. The number of hydrogen-bond acceptors (Lipinski definition) is 34. The average molecular weight is 2090 g/mol. The largest absolute Gasteiger partial charge is 0.695 e. The highest BCUT2D eigenvalue weighted by atomic mass is 32.5. The number of benzene rings is 2. The van der Waals surface area contributed by atoms with Gasteiger partial charge in [-0.25, -0.2) is 64.4 Å². The lowest BCUT2D eigenvalue weighted by Gasteiger charge is -2.41. The van der Waals surface area contributed by atoms with Crippen molar-refractivity contribution in [3.8, 4) is 0 Å². The molecule has 10 aromatic rings. The highest BCUT2D eigenvalue weighted by Gasteiger charge is 2.57. The number of allylic oxidation sites excluding steroid dienone is 2. The second-order valence-corrected chi connectivity index (χ2v) is 53.4. The molecule has 7 unspecified atom stereocenters. The zero-order valence-corrected chi connectivity index (χ0v) is 89.3. The van der Waals surface area contributed by atoms with Crippen LogP contribution < -0.4 is 9.80 Å². The van der Waals surface area contributed by atoms with Gasteiger partial charge in [0.2, 0.25) is 0 Å². The summed E-state index contributed by atoms with van der Waals surface area (Å²) in [6.07, 6.45) is 8.78. The molecule has 7 aliphatic heterocycles. The minimum atomic E-state index is -4.14. The van der Waals surface area contributed by atoms with Gasteiger partial charge in [-0.15, -0.1) is 9.42 Å². The van der Waals surface area contributed by atoms with E-state index in [0.717, 1.165) is 0 Å². The molecule has 8 aromatic heterocycles. The Morgan fingerprint density at radius 3 is 1.61 bits per heavy atom. The predicted molar refractivity (Wildman–Crippen MR) is 537 cm³/mol. The summed E-state index contributed by atoms with van der Waals surface area (Å²) in [5.41, 5.74) is 5.33. The molecular weight excluding hydrogens is 1960 g/mol. The summed E-state index contributed by atoms with van der Waals surface area (Å²) in [5.74, 6) is -1.02. The fraction of sp³-hybridized carbons (Fsp3) is 0.578. The third-order valence-electron chi connectivity index (χ3n) is 26.9. The number of aliphatic hydroxyl groups is 2. The standard InChI is InChI=1S/C39H49N9O11P2Si.C39H49N9O10P2S2Si.2C6H15N.H2O/c1-23-26(17-49)55-37(30(23)58-61(53)54)47-21-44-28-25(40-19-41-33(28)47)15-11-8-12-16-46(36(51)24-13-9-7-10-14-24)34-29-35(43-20-42-34)48(22-45-29)38-32(57-60-52)31(27(18-50)56-38)59-62(5,6)39(2,3)4;1-23-26-17-52-60(51,62)57-32-31(58-63(5,6)39(2,3)4)27-18-53-59(50,61)56-30(23)37(54-26)47-21-44-28-25(40-19-41-33(28)47)15-11-8-12-16-46(36(49)24-13-9-7-10-14-24)34-29-35(43-20-42-34)48(22-45-29)38(32)55-27;2*1-4-7(5-2)6-3;/h7-10,12-14,19-23,26-27,30-32,37-38,49-50H,11,15-18H2,1-6H3;7-10,12-14,19-23,26-27,30-32,37-38H,11,15-18H2,1-6H3,(H,50,61)(H,51,62);2*4-6H2,1-3H3;1H2/p+1/b2*12-8+;;;/t23-,26-,27-,30-,31-,32-,37?,38?;23-,26-,27-,30-,31-,32-,37?,38?,59?,60?;;;/m11.../s1. The number of amides is 2. The Labute approximate surface area is 829 Å². The van der Waals surface area contributed by atoms with Crippen LogP contribution in [-0.2, 0) is 101 Å². The van der Waals surface area contributed by atoms with Crippen LogP contribution in [0, 0.1) is 11.8 Å². The molecule has 7 aliphatic rings. The zero-order chi connectivity index (χ0) is 100. The van der Waals surface area contributed by atoms with Crippen LogP contribution in [0.2, 0.25) is 36.3 Å². The molecule has 14 bridgehead atoms. The molecule has 0 radical (unpaired) electrons. The highest BCUT2D eigenvalue weighted by Crippen LogP contribution is 2.57. The number of anilines is 2. The van der Waals surface area contributed by atoms with Gasteiger partial charge in [0.25, 0.3) is 11.8 Å². The number of nitrogens with zero attached hydrogens (tertiary/aromatic N) is 20. The van der Waals surface area contributed by atoms with Crippen molar-refractivity contribution in [3.63, 3.8) is 0 Å². The summed E-state index contributed by atoms with van der Waals surface area (Å²) in [4.78, 5) is 125. The zero-order valence-electron chi connectivity index (χ0n) is 82.1. The molecule has 7 N–H and O–H groups in total. The second kappa shape index (κ2) is 48.5. The monoisotopic (exact) mass is 2090 g/mol. The van der Waals surface area contributed by atoms with Gasteiger partial charge in [0.05, 0.1) is 75.3 Å². The van der Waals surface area contributed by atoms with Gasteiger partial charge in [0.1, 0.15) is 79.1 Å². The molecule has 17 rings (SSSR count). The first-order valence-electron chi connectivity index (χ1n) is 46.8. The minimum Gasteiger partial charge on any atom is -0.412 e. The van der Waals surface area contributed by atoms with Crippen molar-refractivity contribution in [2.24, 2.45) is 11.8 Å². The van der Waals surface area contributed by atoms with Crippen molar-refractivity contribution < 1.29 is 104 Å². The third-order valence-corrected chi connectivity index (χ3v) is 39.7. The molecule has 2 aromatic carbocycles. The van der Waals surface area contributed by atoms with Crippen molar-refractivity contribution in [1.82, 2.24) is 87.9 Å². The van der Waals surface area contributed by atoms with Crippen LogP contribution in [0.3, 0.4) is 0 Å². The number of carbonyl (C=O) groups excluding carboxylic acids is 2. The molecule has 5 saturated heterocycles. The summed E-state index contributed by atoms with van der Waals surface area (Å²) in [6.45, 7) is 35.6. The number of carbonyl (C=O) groups is 2. The maximum Gasteiger partial charge on any atom is 0.695 e. The number of aromatic nitrogens is 16. The second-order valence-electron chi connectivity index (χ2n) is 37.3. The Balaban J connectivity index is 0.000000219. The predicted octanol–water partition coefficient (Wildman–Crippen LogP) is 13.0. The fourth-order valence-electron chi connectivity index (χ4n) is 16.8. The number of imidazole rings is 4. The molecule has 5 fully saturated rings. The van der Waals surface area contributed by atoms with E-state index in [-0.39, 0.29) is 95.6 Å². The van der Waals surface area contributed by atoms with Crippen molar-refractivity contribution >= 4 is 139 Å². The van der Waals surface area contributed by atoms with Gasteiger partial charge < -0.3 is 76.6 Å². The van der Waals surface area contributed by atoms with Crippen LogP contribution in [0.15, 0.2) is 136 Å². The van der Waals surface area contributed by atoms with Gasteiger partial charge >= 0.3 is 30.4 Å². The third kappa shape index (κ3) is 25.3. The van der Waals surface area contributed by atoms with Gasteiger partial charge in [0, 0.05) is 40.6 Å². The maximum absolute atomic E-state index is 14.3. The first-order valence-corrected chi connectivity index (χ1v) is 59.6. The van der Waals surface area contributed by atoms with Gasteiger partial charge in [-0.05, 0) is 149 Å². The Hall–Kier alpha value is -7.81. The number of fused-ring (bicyclic) bond motifs is 12. The minimum absolute atomic E-state index is 0. The van der Waals surface area contributed by atoms with Crippen LogP contribution in [0.4, 0.5) is 11.6 Å². The number of rotatable bonds is 26. The number of hydrogen-bond donors (Lipinski definition) is 5. The van der Waals surface area contributed by atoms with Gasteiger partial charge in [-0.2, -0.15) is 0 Å². The van der Waals surface area contributed by atoms with E-state index >= 15 is 0 Å². The summed E-state index contributed by atoms with van der Waals surface area (Å²) in [5, 5.41) is 19.8. The van der Waals surface area contributed by atoms with E-state index < -0.39 is 139 Å². The first kappa shape index (κ1) is 111. The van der Waals surface area contributed by atoms with Crippen molar-refractivity contribution in [1.29, 1.82) is 0 Å². The molecule has 0 saturated carbocycles. The Morgan fingerprint density at radius 1 is 0.564 bits per heavy atom. The molecule has 0 spiro atoms. The lowest BCUT2D eigenvalue weighted by Crippen LogP contribution is -2.50. The summed E-state index contributed by atoms with van der Waals surface area (Å²) < 4.78 is 106. The van der Waals surface area contributed by atoms with E-state index in [0.29, 0.717) is 81.7 Å². The van der Waals surface area contributed by atoms with Gasteiger partial charge in [0.15, 0.2) is 92.9 Å². The summed E-state index contributed by atoms with van der Waals surface area (Å²) >= 11 is 11.5. The number of ether oxygens (including phenoxy) is 4. The van der Waals surface area contributed by atoms with E-state index in [1.807, 2.05) is 43.4 Å². The lowest BCUT2D eigenvalue weighted by atomic mass is 10.0. The SMILES string of the molecule is CCN(CC)CC.CCN(CC)CC.C[C@@H]1[C@@H](CO)OC(n2cnc3c(CC/C=C/CN(C(=O)c4ccccc4)c4ncnc5c4ncn5C4O[C@H](CO)[C@@H](O[Si](C)(C)C(C)(C)C)[C@H]4OP=O)ncnc32)[C@@H]1O[P+](=O)O.C[C@@H]1[C@H]2COP(O)(=S)O[C@H]3C4O[C@H](COP(O)(=S)O[C@H]1C(O2)n1cnc2c(ncnc21)CC/C=C/CN(C(=O)c1ccccc1)c1ncnc2c1ncn24)[C@H]3O[Si](C)(C)C(C)(C)C.O. The Morgan fingerprint density at radius 2 is 1.04 bits per heavy atom. The molecule has 762 valence electrons. The summed E-state index contributed by atoms with van der Waals surface area (Å²) in [7, 11) is -8.63. The highest BCUT2D eigenvalue weighted by molar-refractivity contribution is 8.07. The van der Waals surface area contributed by atoms with E-state index in [4.69, 9.17) is 88.5 Å². The van der Waals surface area contributed by atoms with Crippen LogP contribution in [0.5, 0.6) is 0 Å². The van der Waals surface area contributed by atoms with Crippen LogP contribution in [0.1, 0.15) is 167 Å². The van der Waals surface area contributed by atoms with Gasteiger partial charge in [-0.3, -0.25) is 46.7 Å². The maximum atomic E-state index is 14.3. The van der Waals surface area contributed by atoms with E-state index in [9.17, 15) is 43.6 Å². The van der Waals surface area contributed by atoms with Crippen molar-refractivity contribution in [2.75, 3.05) is 88.6 Å². The first-order chi connectivity index (χ1) is 66.3. The molecule has 140 heavy (non-hydrogen) atoms. The van der Waals surface area contributed by atoms with Crippen LogP contribution in [-0.4, -0.2) is 287 Å². The molecule has 19 atom stereocenters. The number of aliphatic hydroxyl groups excluding tert-OH is 2. The van der Waals surface area contributed by atoms with E-state index in [1.54, 1.807) is 80.1 Å². The Bertz CT molecular complexity index is 5980. The van der Waals surface area contributed by atoms with E-state index in [2.05, 4.69) is 169 Å². The van der Waals surface area contributed by atoms with Crippen molar-refractivity contribution in [2.45, 2.75) is 245 Å². The fourth-order valence-corrected chi connectivity index (χ4v) is 23.1. The van der Waals surface area contributed by atoms with E-state index in [1.165, 1.54) is 93.4 Å². The quantitative estimate of drug-likeness (QED) is 0.0191. The molecule has 0 aliphatic carbocycles. The summed E-state index contributed by atoms with van der Waals surface area (Å²) in [6, 6.07) is 17.7. The topological polar surface area (TPSA) is 499 Å². The molecular formula is C90H131N20O22P4S2Si2+. The Kier molecular flexibility index (Phi) is 38.4. The van der Waals surface area contributed by atoms with Crippen LogP contribution in [0.25, 0.3) is 44.7 Å². The van der Waals surface area contributed by atoms with Gasteiger partial charge in [-0.1, -0.05) is 158 Å². The normalized spacial score (nSPS) is 26.7. The molecule has 42 nitrogen and oxygen atoms in total. The molecule has 15 heterocycles. The van der Waals surface area contributed by atoms with Crippen molar-refractivity contribution in [3.05, 3.63) is 158 Å². The molecule has 2 amide bonds. The smallest absolute Gasteiger partial charge is 0.412 e.